The lowest BCUT2D eigenvalue weighted by Gasteiger charge is -2.00. The molecule has 15 heavy (non-hydrogen) atoms. The van der Waals surface area contributed by atoms with Crippen LogP contribution in [0.5, 0.6) is 0 Å². The van der Waals surface area contributed by atoms with Gasteiger partial charge in [0.1, 0.15) is 0 Å². The number of Topliss-reactive ketones (excluding diaryl/α,β-unsaturated/α-hetero) is 2. The van der Waals surface area contributed by atoms with Crippen LogP contribution in [0.1, 0.15) is 13.8 Å². The van der Waals surface area contributed by atoms with Gasteiger partial charge >= 0.3 is 0 Å². The van der Waals surface area contributed by atoms with Gasteiger partial charge in [-0.15, -0.1) is 0 Å². The highest BCUT2D eigenvalue weighted by atomic mass is 16.1. The maximum Gasteiger partial charge on any atom is 0.163 e. The standard InChI is InChI=1S/C12H17NO2/c1-10(14)12(11(2)15)8-6-5-7-9-13(3)4/h5-9H,1-4H3. The van der Waals surface area contributed by atoms with E-state index in [2.05, 4.69) is 0 Å². The number of hydrogen-bond acceptors (Lipinski definition) is 3. The molecule has 3 heteroatoms. The van der Waals surface area contributed by atoms with E-state index in [-0.39, 0.29) is 17.1 Å². The molecule has 0 saturated heterocycles. The number of hydrogen-bond donors (Lipinski definition) is 0. The summed E-state index contributed by atoms with van der Waals surface area (Å²) in [4.78, 5) is 23.9. The Hall–Kier alpha value is -1.64. The normalized spacial score (nSPS) is 10.7. The highest BCUT2D eigenvalue weighted by Gasteiger charge is 2.06. The van der Waals surface area contributed by atoms with Crippen LogP contribution >= 0.6 is 0 Å². The van der Waals surface area contributed by atoms with Crippen molar-refractivity contribution in [3.05, 3.63) is 36.1 Å². The fourth-order valence-electron chi connectivity index (χ4n) is 0.920. The molecular weight excluding hydrogens is 190 g/mol. The molecule has 0 aromatic heterocycles. The summed E-state index contributed by atoms with van der Waals surface area (Å²) in [6, 6.07) is 0. The van der Waals surface area contributed by atoms with Crippen LogP contribution in [-0.4, -0.2) is 30.6 Å². The van der Waals surface area contributed by atoms with Crippen molar-refractivity contribution in [1.82, 2.24) is 4.90 Å². The van der Waals surface area contributed by atoms with Gasteiger partial charge in [-0.05, 0) is 32.2 Å². The van der Waals surface area contributed by atoms with Crippen molar-refractivity contribution in [2.45, 2.75) is 13.8 Å². The second-order valence-electron chi connectivity index (χ2n) is 3.38. The lowest BCUT2D eigenvalue weighted by molar-refractivity contribution is -0.119. The Bertz CT molecular complexity index is 307. The Morgan fingerprint density at radius 3 is 1.87 bits per heavy atom. The number of carbonyl (C=O) groups is 2. The summed E-state index contributed by atoms with van der Waals surface area (Å²) in [5.41, 5.74) is 0.226. The molecule has 0 heterocycles. The Kier molecular flexibility index (Phi) is 6.02. The molecule has 3 nitrogen and oxygen atoms in total. The molecule has 0 spiro atoms. The van der Waals surface area contributed by atoms with Gasteiger partial charge in [-0.3, -0.25) is 9.59 Å². The average Bonchev–Trinajstić information content (AvgIpc) is 2.08. The van der Waals surface area contributed by atoms with E-state index in [0.29, 0.717) is 0 Å². The Morgan fingerprint density at radius 2 is 1.47 bits per heavy atom. The summed E-state index contributed by atoms with van der Waals surface area (Å²) < 4.78 is 0. The monoisotopic (exact) mass is 207 g/mol. The first-order chi connectivity index (χ1) is 6.95. The largest absolute Gasteiger partial charge is 0.383 e. The molecular formula is C12H17NO2. The molecule has 82 valence electrons. The molecule has 0 unspecified atom stereocenters. The average molecular weight is 207 g/mol. The lowest BCUT2D eigenvalue weighted by atomic mass is 10.1. The topological polar surface area (TPSA) is 37.4 Å². The summed E-state index contributed by atoms with van der Waals surface area (Å²) in [5, 5.41) is 0. The maximum atomic E-state index is 11.0. The van der Waals surface area contributed by atoms with Crippen LogP contribution in [0, 0.1) is 0 Å². The van der Waals surface area contributed by atoms with Gasteiger partial charge in [0.25, 0.3) is 0 Å². The van der Waals surface area contributed by atoms with E-state index < -0.39 is 0 Å². The van der Waals surface area contributed by atoms with Gasteiger partial charge in [-0.1, -0.05) is 12.2 Å². The van der Waals surface area contributed by atoms with Crippen LogP contribution in [0.4, 0.5) is 0 Å². The van der Waals surface area contributed by atoms with Crippen LogP contribution in [-0.2, 0) is 9.59 Å². The van der Waals surface area contributed by atoms with Crippen molar-refractivity contribution < 1.29 is 9.59 Å². The summed E-state index contributed by atoms with van der Waals surface area (Å²) in [5.74, 6) is -0.410. The van der Waals surface area contributed by atoms with Crippen molar-refractivity contribution in [2.75, 3.05) is 14.1 Å². The SMILES string of the molecule is CC(=O)C(=CC=CC=CN(C)C)C(C)=O. The van der Waals surface area contributed by atoms with Crippen LogP contribution in [0.3, 0.4) is 0 Å². The quantitative estimate of drug-likeness (QED) is 0.298. The van der Waals surface area contributed by atoms with Gasteiger partial charge in [0.15, 0.2) is 11.6 Å². The lowest BCUT2D eigenvalue weighted by Crippen LogP contribution is -2.05. The van der Waals surface area contributed by atoms with Gasteiger partial charge in [-0.2, -0.15) is 0 Å². The first kappa shape index (κ1) is 13.4. The van der Waals surface area contributed by atoms with E-state index in [1.165, 1.54) is 19.9 Å². The zero-order valence-corrected chi connectivity index (χ0v) is 9.65. The van der Waals surface area contributed by atoms with Crippen molar-refractivity contribution in [3.8, 4) is 0 Å². The van der Waals surface area contributed by atoms with Crippen molar-refractivity contribution in [1.29, 1.82) is 0 Å². The van der Waals surface area contributed by atoms with E-state index in [1.54, 1.807) is 12.2 Å². The Morgan fingerprint density at radius 1 is 0.933 bits per heavy atom. The molecule has 0 radical (unpaired) electrons. The zero-order valence-electron chi connectivity index (χ0n) is 9.65. The van der Waals surface area contributed by atoms with E-state index in [1.807, 2.05) is 31.3 Å². The summed E-state index contributed by atoms with van der Waals surface area (Å²) in [7, 11) is 3.83. The van der Waals surface area contributed by atoms with Gasteiger partial charge < -0.3 is 4.90 Å². The molecule has 0 fully saturated rings. The molecule has 0 aromatic rings. The molecule has 0 aliphatic heterocycles. The van der Waals surface area contributed by atoms with E-state index >= 15 is 0 Å². The predicted molar refractivity (Wildman–Crippen MR) is 61.4 cm³/mol. The highest BCUT2D eigenvalue weighted by Crippen LogP contribution is 1.98. The molecule has 0 atom stereocenters. The van der Waals surface area contributed by atoms with Crippen molar-refractivity contribution in [3.63, 3.8) is 0 Å². The number of carbonyl (C=O) groups excluding carboxylic acids is 2. The number of rotatable bonds is 5. The molecule has 0 bridgehead atoms. The molecule has 0 rings (SSSR count). The third-order valence-electron chi connectivity index (χ3n) is 1.63. The predicted octanol–water partition coefficient (Wildman–Crippen LogP) is 1.72. The Labute approximate surface area is 90.8 Å². The fraction of sp³-hybridized carbons (Fsp3) is 0.333. The third-order valence-corrected chi connectivity index (χ3v) is 1.63. The minimum atomic E-state index is -0.205. The van der Waals surface area contributed by atoms with Crippen LogP contribution in [0.2, 0.25) is 0 Å². The van der Waals surface area contributed by atoms with Crippen LogP contribution in [0.25, 0.3) is 0 Å². The molecule has 0 saturated carbocycles. The summed E-state index contributed by atoms with van der Waals surface area (Å²) in [6.45, 7) is 2.77. The summed E-state index contributed by atoms with van der Waals surface area (Å²) >= 11 is 0. The second kappa shape index (κ2) is 6.76. The number of ketones is 2. The van der Waals surface area contributed by atoms with Crippen molar-refractivity contribution >= 4 is 11.6 Å². The van der Waals surface area contributed by atoms with Gasteiger partial charge in [0, 0.05) is 14.1 Å². The van der Waals surface area contributed by atoms with Gasteiger partial charge in [0.2, 0.25) is 0 Å². The first-order valence-corrected chi connectivity index (χ1v) is 4.68. The van der Waals surface area contributed by atoms with E-state index in [0.717, 1.165) is 0 Å². The zero-order chi connectivity index (χ0) is 11.8. The molecule has 0 amide bonds. The number of allylic oxidation sites excluding steroid dienone is 5. The minimum absolute atomic E-state index is 0.205. The number of nitrogens with zero attached hydrogens (tertiary/aromatic N) is 1. The van der Waals surface area contributed by atoms with E-state index in [9.17, 15) is 9.59 Å². The van der Waals surface area contributed by atoms with Crippen molar-refractivity contribution in [2.24, 2.45) is 0 Å². The highest BCUT2D eigenvalue weighted by molar-refractivity contribution is 6.18. The molecule has 0 N–H and O–H groups in total. The minimum Gasteiger partial charge on any atom is -0.383 e. The van der Waals surface area contributed by atoms with Gasteiger partial charge in [0.05, 0.1) is 5.57 Å². The maximum absolute atomic E-state index is 11.0. The smallest absolute Gasteiger partial charge is 0.163 e. The fourth-order valence-corrected chi connectivity index (χ4v) is 0.920. The van der Waals surface area contributed by atoms with Crippen LogP contribution < -0.4 is 0 Å². The molecule has 0 aliphatic carbocycles. The van der Waals surface area contributed by atoms with Crippen LogP contribution in [0.15, 0.2) is 36.1 Å². The third kappa shape index (κ3) is 6.43. The summed E-state index contributed by atoms with van der Waals surface area (Å²) in [6.07, 6.45) is 8.68. The first-order valence-electron chi connectivity index (χ1n) is 4.68. The van der Waals surface area contributed by atoms with E-state index in [4.69, 9.17) is 0 Å². The Balaban J connectivity index is 4.47. The second-order valence-corrected chi connectivity index (χ2v) is 3.38. The van der Waals surface area contributed by atoms with Gasteiger partial charge in [-0.25, -0.2) is 0 Å². The molecule has 0 aliphatic rings. The molecule has 0 aromatic carbocycles.